The van der Waals surface area contributed by atoms with Crippen molar-refractivity contribution in [2.24, 2.45) is 0 Å². The number of benzene rings is 2. The molecule has 0 fully saturated rings. The van der Waals surface area contributed by atoms with Gasteiger partial charge in [-0.2, -0.15) is 0 Å². The van der Waals surface area contributed by atoms with Crippen molar-refractivity contribution in [1.29, 1.82) is 0 Å². The van der Waals surface area contributed by atoms with Crippen molar-refractivity contribution in [3.8, 4) is 0 Å². The highest BCUT2D eigenvalue weighted by molar-refractivity contribution is 7.09. The van der Waals surface area contributed by atoms with E-state index in [1.807, 2.05) is 61.7 Å². The van der Waals surface area contributed by atoms with Crippen LogP contribution < -0.4 is 4.90 Å². The predicted octanol–water partition coefficient (Wildman–Crippen LogP) is 6.61. The molecule has 5 heteroatoms. The molecule has 4 rings (SSSR count). The Morgan fingerprint density at radius 2 is 1.96 bits per heavy atom. The molecule has 0 aliphatic carbocycles. The fraction of sp³-hybridized carbons (Fsp3) is 0.136. The SMILES string of the molecule is Cc1ccc2c(C)c(C(=O)N(Cc3cccs3)c3cccc(Cl)c3)oc2c1. The van der Waals surface area contributed by atoms with Crippen LogP contribution in [0.15, 0.2) is 64.4 Å². The monoisotopic (exact) mass is 395 g/mol. The molecule has 136 valence electrons. The van der Waals surface area contributed by atoms with Crippen LogP contribution in [0.2, 0.25) is 5.02 Å². The van der Waals surface area contributed by atoms with Gasteiger partial charge in [0.2, 0.25) is 0 Å². The van der Waals surface area contributed by atoms with Crippen LogP contribution in [-0.4, -0.2) is 5.91 Å². The summed E-state index contributed by atoms with van der Waals surface area (Å²) in [4.78, 5) is 16.3. The largest absolute Gasteiger partial charge is 0.451 e. The number of anilines is 1. The number of halogens is 1. The first-order chi connectivity index (χ1) is 13.0. The normalized spacial score (nSPS) is 11.1. The molecule has 0 aliphatic rings. The third-order valence-corrected chi connectivity index (χ3v) is 5.64. The first-order valence-corrected chi connectivity index (χ1v) is 9.88. The number of furan rings is 1. The van der Waals surface area contributed by atoms with Gasteiger partial charge in [-0.15, -0.1) is 11.3 Å². The van der Waals surface area contributed by atoms with E-state index in [9.17, 15) is 4.79 Å². The van der Waals surface area contributed by atoms with Crippen LogP contribution in [0.25, 0.3) is 11.0 Å². The van der Waals surface area contributed by atoms with Gasteiger partial charge in [0.25, 0.3) is 5.91 Å². The molecular weight excluding hydrogens is 378 g/mol. The average Bonchev–Trinajstić information content (AvgIpc) is 3.27. The zero-order valence-corrected chi connectivity index (χ0v) is 16.6. The third-order valence-electron chi connectivity index (χ3n) is 4.55. The summed E-state index contributed by atoms with van der Waals surface area (Å²) >= 11 is 7.79. The van der Waals surface area contributed by atoms with Crippen LogP contribution in [0.5, 0.6) is 0 Å². The molecule has 0 unspecified atom stereocenters. The Morgan fingerprint density at radius 1 is 1.11 bits per heavy atom. The molecule has 2 heterocycles. The van der Waals surface area contributed by atoms with Gasteiger partial charge in [-0.25, -0.2) is 0 Å². The predicted molar refractivity (Wildman–Crippen MR) is 112 cm³/mol. The Kier molecular flexibility index (Phi) is 4.77. The van der Waals surface area contributed by atoms with E-state index in [4.69, 9.17) is 16.0 Å². The summed E-state index contributed by atoms with van der Waals surface area (Å²) in [5, 5.41) is 3.56. The number of rotatable bonds is 4. The fourth-order valence-corrected chi connectivity index (χ4v) is 4.02. The number of aryl methyl sites for hydroxylation is 2. The molecule has 3 nitrogen and oxygen atoms in total. The van der Waals surface area contributed by atoms with Crippen LogP contribution in [0.3, 0.4) is 0 Å². The Bertz CT molecular complexity index is 1110. The maximum Gasteiger partial charge on any atom is 0.294 e. The van der Waals surface area contributed by atoms with Crippen molar-refractivity contribution in [3.05, 3.63) is 86.8 Å². The lowest BCUT2D eigenvalue weighted by Gasteiger charge is -2.22. The Labute approximate surface area is 166 Å². The fourth-order valence-electron chi connectivity index (χ4n) is 3.14. The van der Waals surface area contributed by atoms with Gasteiger partial charge in [0.05, 0.1) is 6.54 Å². The van der Waals surface area contributed by atoms with Crippen LogP contribution >= 0.6 is 22.9 Å². The second-order valence-electron chi connectivity index (χ2n) is 6.51. The molecule has 0 saturated heterocycles. The van der Waals surface area contributed by atoms with Crippen molar-refractivity contribution >= 4 is 45.5 Å². The molecule has 0 atom stereocenters. The Morgan fingerprint density at radius 3 is 2.70 bits per heavy atom. The van der Waals surface area contributed by atoms with E-state index in [0.717, 1.165) is 32.7 Å². The number of hydrogen-bond donors (Lipinski definition) is 0. The summed E-state index contributed by atoms with van der Waals surface area (Å²) < 4.78 is 5.97. The van der Waals surface area contributed by atoms with E-state index < -0.39 is 0 Å². The number of hydrogen-bond acceptors (Lipinski definition) is 3. The molecular formula is C22H18ClNO2S. The Hall–Kier alpha value is -2.56. The molecule has 0 spiro atoms. The molecule has 2 aromatic heterocycles. The number of carbonyl (C=O) groups excluding carboxylic acids is 1. The van der Waals surface area contributed by atoms with Crippen LogP contribution in [0.4, 0.5) is 5.69 Å². The molecule has 1 amide bonds. The summed E-state index contributed by atoms with van der Waals surface area (Å²) in [6, 6.07) is 17.3. The van der Waals surface area contributed by atoms with E-state index in [2.05, 4.69) is 0 Å². The quantitative estimate of drug-likeness (QED) is 0.389. The second kappa shape index (κ2) is 7.22. The minimum atomic E-state index is -0.169. The first-order valence-electron chi connectivity index (χ1n) is 8.62. The maximum absolute atomic E-state index is 13.5. The molecule has 0 bridgehead atoms. The summed E-state index contributed by atoms with van der Waals surface area (Å²) in [6.45, 7) is 4.40. The number of nitrogens with zero attached hydrogens (tertiary/aromatic N) is 1. The molecule has 0 radical (unpaired) electrons. The summed E-state index contributed by atoms with van der Waals surface area (Å²) in [7, 11) is 0. The van der Waals surface area contributed by atoms with Crippen molar-refractivity contribution in [2.75, 3.05) is 4.90 Å². The van der Waals surface area contributed by atoms with Crippen LogP contribution in [-0.2, 0) is 6.54 Å². The zero-order valence-electron chi connectivity index (χ0n) is 15.0. The number of amides is 1. The van der Waals surface area contributed by atoms with E-state index in [-0.39, 0.29) is 5.91 Å². The molecule has 4 aromatic rings. The first kappa shape index (κ1) is 17.8. The lowest BCUT2D eigenvalue weighted by molar-refractivity contribution is 0.0960. The van der Waals surface area contributed by atoms with Gasteiger partial charge < -0.3 is 9.32 Å². The van der Waals surface area contributed by atoms with Crippen molar-refractivity contribution in [1.82, 2.24) is 0 Å². The number of carbonyl (C=O) groups is 1. The standard InChI is InChI=1S/C22H18ClNO2S/c1-14-8-9-19-15(2)21(26-20(19)11-14)22(25)24(13-18-7-4-10-27-18)17-6-3-5-16(23)12-17/h3-12H,13H2,1-2H3. The van der Waals surface area contributed by atoms with Gasteiger partial charge in [-0.1, -0.05) is 35.9 Å². The Balaban J connectivity index is 1.79. The van der Waals surface area contributed by atoms with E-state index in [1.165, 1.54) is 0 Å². The highest BCUT2D eigenvalue weighted by Crippen LogP contribution is 2.30. The summed E-state index contributed by atoms with van der Waals surface area (Å²) in [5.41, 5.74) is 3.43. The zero-order chi connectivity index (χ0) is 19.0. The number of thiophene rings is 1. The minimum Gasteiger partial charge on any atom is -0.451 e. The lowest BCUT2D eigenvalue weighted by atomic mass is 10.1. The van der Waals surface area contributed by atoms with Gasteiger partial charge >= 0.3 is 0 Å². The summed E-state index contributed by atoms with van der Waals surface area (Å²) in [6.07, 6.45) is 0. The van der Waals surface area contributed by atoms with Crippen LogP contribution in [0, 0.1) is 13.8 Å². The van der Waals surface area contributed by atoms with Crippen molar-refractivity contribution in [2.45, 2.75) is 20.4 Å². The van der Waals surface area contributed by atoms with Gasteiger partial charge in [-0.3, -0.25) is 4.79 Å². The van der Waals surface area contributed by atoms with E-state index in [0.29, 0.717) is 17.3 Å². The maximum atomic E-state index is 13.5. The average molecular weight is 396 g/mol. The molecule has 2 aromatic carbocycles. The van der Waals surface area contributed by atoms with Crippen molar-refractivity contribution in [3.63, 3.8) is 0 Å². The van der Waals surface area contributed by atoms with Crippen molar-refractivity contribution < 1.29 is 9.21 Å². The minimum absolute atomic E-state index is 0.169. The lowest BCUT2D eigenvalue weighted by Crippen LogP contribution is -2.30. The van der Waals surface area contributed by atoms with Gasteiger partial charge in [0, 0.05) is 26.5 Å². The van der Waals surface area contributed by atoms with Gasteiger partial charge in [0.15, 0.2) is 5.76 Å². The molecule has 27 heavy (non-hydrogen) atoms. The van der Waals surface area contributed by atoms with E-state index in [1.54, 1.807) is 28.4 Å². The van der Waals surface area contributed by atoms with E-state index >= 15 is 0 Å². The summed E-state index contributed by atoms with van der Waals surface area (Å²) in [5.74, 6) is 0.198. The highest BCUT2D eigenvalue weighted by Gasteiger charge is 2.25. The molecule has 0 N–H and O–H groups in total. The third kappa shape index (κ3) is 3.51. The number of fused-ring (bicyclic) bond motifs is 1. The van der Waals surface area contributed by atoms with Gasteiger partial charge in [-0.05, 0) is 55.1 Å². The molecule has 0 saturated carbocycles. The second-order valence-corrected chi connectivity index (χ2v) is 7.98. The molecule has 0 aliphatic heterocycles. The highest BCUT2D eigenvalue weighted by atomic mass is 35.5. The smallest absolute Gasteiger partial charge is 0.294 e. The van der Waals surface area contributed by atoms with Gasteiger partial charge in [0.1, 0.15) is 5.58 Å². The van der Waals surface area contributed by atoms with Crippen LogP contribution in [0.1, 0.15) is 26.6 Å². The topological polar surface area (TPSA) is 33.5 Å².